The van der Waals surface area contributed by atoms with Gasteiger partial charge in [0.05, 0.1) is 18.0 Å². The number of rotatable bonds is 3. The molecule has 5 heteroatoms. The maximum atomic E-state index is 12.9. The second kappa shape index (κ2) is 5.32. The number of fused-ring (bicyclic) bond motifs is 1. The zero-order valence-electron chi connectivity index (χ0n) is 15.5. The summed E-state index contributed by atoms with van der Waals surface area (Å²) in [5, 5.41) is 3.33. The van der Waals surface area contributed by atoms with Gasteiger partial charge in [0, 0.05) is 18.5 Å². The van der Waals surface area contributed by atoms with Crippen LogP contribution in [-0.4, -0.2) is 48.1 Å². The molecule has 0 aromatic heterocycles. The Balaban J connectivity index is 1.24. The van der Waals surface area contributed by atoms with Gasteiger partial charge < -0.3 is 9.64 Å². The summed E-state index contributed by atoms with van der Waals surface area (Å²) >= 11 is 0. The van der Waals surface area contributed by atoms with Crippen molar-refractivity contribution in [2.75, 3.05) is 19.7 Å². The molecule has 3 aliphatic heterocycles. The summed E-state index contributed by atoms with van der Waals surface area (Å²) in [6.07, 6.45) is 2.31. The molecule has 0 radical (unpaired) electrons. The highest BCUT2D eigenvalue weighted by Crippen LogP contribution is 2.59. The lowest BCUT2D eigenvalue weighted by Gasteiger charge is -2.45. The molecule has 138 valence electrons. The SMILES string of the molecule is CC(C)c1ccc(C23CC2CN(C(=O)[C@@H]2C[C@]4(COC(=O)C4)N2)C3)cc1. The highest BCUT2D eigenvalue weighted by Gasteiger charge is 2.63. The van der Waals surface area contributed by atoms with Crippen molar-refractivity contribution in [2.24, 2.45) is 5.92 Å². The number of benzene rings is 1. The smallest absolute Gasteiger partial charge is 0.307 e. The first kappa shape index (κ1) is 16.3. The van der Waals surface area contributed by atoms with E-state index < -0.39 is 0 Å². The van der Waals surface area contributed by atoms with Crippen LogP contribution < -0.4 is 5.32 Å². The number of ether oxygens (including phenoxy) is 1. The van der Waals surface area contributed by atoms with E-state index in [1.807, 2.05) is 4.90 Å². The standard InChI is InChI=1S/C21H26N2O3/c1-13(2)14-3-5-15(6-4-14)21-7-16(21)10-23(11-21)19(25)17-8-20(22-17)9-18(24)26-12-20/h3-6,13,16-17,22H,7-12H2,1-2H3/t16?,17-,20-,21?/m0/s1. The van der Waals surface area contributed by atoms with Crippen molar-refractivity contribution < 1.29 is 14.3 Å². The van der Waals surface area contributed by atoms with E-state index in [9.17, 15) is 9.59 Å². The van der Waals surface area contributed by atoms with Crippen LogP contribution in [0.2, 0.25) is 0 Å². The fraction of sp³-hybridized carbons (Fsp3) is 0.619. The summed E-state index contributed by atoms with van der Waals surface area (Å²) in [5.41, 5.74) is 2.66. The van der Waals surface area contributed by atoms with Crippen LogP contribution in [0.3, 0.4) is 0 Å². The van der Waals surface area contributed by atoms with Crippen LogP contribution in [0.1, 0.15) is 50.2 Å². The summed E-state index contributed by atoms with van der Waals surface area (Å²) in [6, 6.07) is 8.86. The second-order valence-electron chi connectivity index (χ2n) is 9.07. The molecule has 1 aromatic carbocycles. The molecule has 1 amide bonds. The molecule has 26 heavy (non-hydrogen) atoms. The van der Waals surface area contributed by atoms with E-state index in [4.69, 9.17) is 4.74 Å². The lowest BCUT2D eigenvalue weighted by atomic mass is 9.80. The normalized spacial score (nSPS) is 37.7. The molecule has 4 atom stereocenters. The number of amides is 1. The van der Waals surface area contributed by atoms with Gasteiger partial charge in [0.1, 0.15) is 6.61 Å². The Labute approximate surface area is 154 Å². The van der Waals surface area contributed by atoms with Crippen LogP contribution in [0.5, 0.6) is 0 Å². The van der Waals surface area contributed by atoms with Gasteiger partial charge >= 0.3 is 5.97 Å². The molecule has 1 N–H and O–H groups in total. The first-order chi connectivity index (χ1) is 12.4. The maximum absolute atomic E-state index is 12.9. The Bertz CT molecular complexity index is 766. The van der Waals surface area contributed by atoms with Crippen LogP contribution in [-0.2, 0) is 19.7 Å². The lowest BCUT2D eigenvalue weighted by Crippen LogP contribution is -2.68. The second-order valence-corrected chi connectivity index (χ2v) is 9.07. The molecular formula is C21H26N2O3. The van der Waals surface area contributed by atoms with Crippen molar-refractivity contribution in [2.45, 2.75) is 56.0 Å². The number of cyclic esters (lactones) is 1. The first-order valence-corrected chi connectivity index (χ1v) is 9.73. The summed E-state index contributed by atoms with van der Waals surface area (Å²) < 4.78 is 5.06. The van der Waals surface area contributed by atoms with Crippen LogP contribution in [0.4, 0.5) is 0 Å². The summed E-state index contributed by atoms with van der Waals surface area (Å²) in [7, 11) is 0. The van der Waals surface area contributed by atoms with Crippen molar-refractivity contribution in [1.29, 1.82) is 0 Å². The number of carbonyl (C=O) groups excluding carboxylic acids is 2. The van der Waals surface area contributed by atoms with Gasteiger partial charge in [0.2, 0.25) is 5.91 Å². The Morgan fingerprint density at radius 3 is 2.62 bits per heavy atom. The van der Waals surface area contributed by atoms with Gasteiger partial charge in [0.15, 0.2) is 0 Å². The largest absolute Gasteiger partial charge is 0.464 e. The predicted molar refractivity (Wildman–Crippen MR) is 96.7 cm³/mol. The molecule has 3 saturated heterocycles. The van der Waals surface area contributed by atoms with E-state index in [-0.39, 0.29) is 28.9 Å². The number of piperidine rings is 1. The Kier molecular flexibility index (Phi) is 3.34. The third-order valence-electron chi connectivity index (χ3n) is 6.98. The predicted octanol–water partition coefficient (Wildman–Crippen LogP) is 1.96. The molecule has 2 unspecified atom stereocenters. The van der Waals surface area contributed by atoms with Gasteiger partial charge in [-0.3, -0.25) is 14.9 Å². The molecule has 1 aliphatic carbocycles. The number of likely N-dealkylation sites (tertiary alicyclic amines) is 1. The number of hydrogen-bond acceptors (Lipinski definition) is 4. The average molecular weight is 354 g/mol. The number of esters is 1. The molecule has 5 nitrogen and oxygen atoms in total. The molecule has 5 rings (SSSR count). The zero-order chi connectivity index (χ0) is 18.1. The van der Waals surface area contributed by atoms with Crippen LogP contribution >= 0.6 is 0 Å². The molecule has 4 aliphatic rings. The molecule has 3 heterocycles. The highest BCUT2D eigenvalue weighted by molar-refractivity contribution is 5.85. The van der Waals surface area contributed by atoms with Gasteiger partial charge in [0.25, 0.3) is 0 Å². The van der Waals surface area contributed by atoms with E-state index in [1.165, 1.54) is 17.5 Å². The topological polar surface area (TPSA) is 58.6 Å². The van der Waals surface area contributed by atoms with Crippen molar-refractivity contribution >= 4 is 11.9 Å². The van der Waals surface area contributed by atoms with Crippen LogP contribution in [0, 0.1) is 5.92 Å². The van der Waals surface area contributed by atoms with Gasteiger partial charge in [-0.1, -0.05) is 38.1 Å². The molecule has 4 fully saturated rings. The highest BCUT2D eigenvalue weighted by atomic mass is 16.5. The maximum Gasteiger partial charge on any atom is 0.307 e. The minimum Gasteiger partial charge on any atom is -0.464 e. The fourth-order valence-corrected chi connectivity index (χ4v) is 5.23. The van der Waals surface area contributed by atoms with E-state index >= 15 is 0 Å². The molecule has 1 spiro atoms. The quantitative estimate of drug-likeness (QED) is 0.843. The summed E-state index contributed by atoms with van der Waals surface area (Å²) in [4.78, 5) is 26.2. The van der Waals surface area contributed by atoms with E-state index in [0.29, 0.717) is 24.9 Å². The first-order valence-electron chi connectivity index (χ1n) is 9.73. The Morgan fingerprint density at radius 2 is 2.00 bits per heavy atom. The van der Waals surface area contributed by atoms with Crippen molar-refractivity contribution in [1.82, 2.24) is 10.2 Å². The Morgan fingerprint density at radius 1 is 1.27 bits per heavy atom. The third-order valence-corrected chi connectivity index (χ3v) is 6.98. The fourth-order valence-electron chi connectivity index (χ4n) is 5.23. The summed E-state index contributed by atoms with van der Waals surface area (Å²) in [5.74, 6) is 1.18. The molecular weight excluding hydrogens is 328 g/mol. The molecule has 0 bridgehead atoms. The lowest BCUT2D eigenvalue weighted by molar-refractivity contribution is -0.138. The number of nitrogens with zero attached hydrogens (tertiary/aromatic N) is 1. The van der Waals surface area contributed by atoms with Gasteiger partial charge in [-0.15, -0.1) is 0 Å². The van der Waals surface area contributed by atoms with Crippen LogP contribution in [0.15, 0.2) is 24.3 Å². The van der Waals surface area contributed by atoms with E-state index in [1.54, 1.807) is 0 Å². The third kappa shape index (κ3) is 2.33. The monoisotopic (exact) mass is 354 g/mol. The number of carbonyl (C=O) groups is 2. The molecule has 1 saturated carbocycles. The van der Waals surface area contributed by atoms with Crippen molar-refractivity contribution in [3.05, 3.63) is 35.4 Å². The van der Waals surface area contributed by atoms with Crippen LogP contribution in [0.25, 0.3) is 0 Å². The van der Waals surface area contributed by atoms with Crippen molar-refractivity contribution in [3.8, 4) is 0 Å². The van der Waals surface area contributed by atoms with Gasteiger partial charge in [-0.2, -0.15) is 0 Å². The Hall–Kier alpha value is -1.88. The molecule has 1 aromatic rings. The van der Waals surface area contributed by atoms with Crippen molar-refractivity contribution in [3.63, 3.8) is 0 Å². The minimum atomic E-state index is -0.273. The number of nitrogens with one attached hydrogen (secondary N) is 1. The summed E-state index contributed by atoms with van der Waals surface area (Å²) in [6.45, 7) is 6.53. The minimum absolute atomic E-state index is 0.151. The zero-order valence-corrected chi connectivity index (χ0v) is 15.5. The number of hydrogen-bond donors (Lipinski definition) is 1. The average Bonchev–Trinajstić information content (AvgIpc) is 2.96. The van der Waals surface area contributed by atoms with Gasteiger partial charge in [-0.05, 0) is 35.8 Å². The van der Waals surface area contributed by atoms with Gasteiger partial charge in [-0.25, -0.2) is 0 Å². The van der Waals surface area contributed by atoms with E-state index in [2.05, 4.69) is 43.4 Å². The van der Waals surface area contributed by atoms with E-state index in [0.717, 1.165) is 19.5 Å².